The van der Waals surface area contributed by atoms with Crippen LogP contribution in [0.4, 0.5) is 0 Å². The third-order valence-electron chi connectivity index (χ3n) is 5.49. The van der Waals surface area contributed by atoms with Gasteiger partial charge in [-0.05, 0) is 19.3 Å². The monoisotopic (exact) mass is 432 g/mol. The molecule has 1 atom stereocenters. The highest BCUT2D eigenvalue weighted by Gasteiger charge is 2.11. The fourth-order valence-corrected chi connectivity index (χ4v) is 3.98. The van der Waals surface area contributed by atoms with Crippen molar-refractivity contribution in [2.45, 2.75) is 129 Å². The van der Waals surface area contributed by atoms with Gasteiger partial charge in [-0.3, -0.25) is 4.55 Å². The molecule has 0 aliphatic heterocycles. The van der Waals surface area contributed by atoms with Crippen molar-refractivity contribution in [2.24, 2.45) is 5.92 Å². The first-order chi connectivity index (χ1) is 14.0. The van der Waals surface area contributed by atoms with Gasteiger partial charge in [-0.25, -0.2) is 4.18 Å². The smallest absolute Gasteiger partial charge is 0.264 e. The van der Waals surface area contributed by atoms with Crippen LogP contribution in [0.3, 0.4) is 0 Å². The van der Waals surface area contributed by atoms with Gasteiger partial charge >= 0.3 is 10.4 Å². The first-order valence-electron chi connectivity index (χ1n) is 12.3. The normalized spacial score (nSPS) is 13.3. The predicted octanol–water partition coefficient (Wildman–Crippen LogP) is 8.04. The summed E-state index contributed by atoms with van der Waals surface area (Å²) in [4.78, 5) is 0. The molecule has 0 radical (unpaired) electrons. The molecule has 0 aliphatic carbocycles. The first-order valence-corrected chi connectivity index (χ1v) is 13.6. The molecule has 0 saturated carbocycles. The highest BCUT2D eigenvalue weighted by molar-refractivity contribution is 7.80. The highest BCUT2D eigenvalue weighted by atomic mass is 32.3. The molecule has 0 aromatic heterocycles. The maximum atomic E-state index is 10.9. The van der Waals surface area contributed by atoms with Gasteiger partial charge in [0.1, 0.15) is 0 Å². The van der Waals surface area contributed by atoms with Gasteiger partial charge < -0.3 is 0 Å². The van der Waals surface area contributed by atoms with Gasteiger partial charge in [-0.1, -0.05) is 122 Å². The van der Waals surface area contributed by atoms with Crippen LogP contribution in [0.25, 0.3) is 0 Å². The lowest BCUT2D eigenvalue weighted by atomic mass is 9.99. The third-order valence-corrected chi connectivity index (χ3v) is 5.93. The van der Waals surface area contributed by atoms with Crippen molar-refractivity contribution in [2.75, 3.05) is 6.61 Å². The van der Waals surface area contributed by atoms with Gasteiger partial charge in [-0.15, -0.1) is 0 Å². The Morgan fingerprint density at radius 2 is 1.17 bits per heavy atom. The van der Waals surface area contributed by atoms with E-state index in [0.717, 1.165) is 19.3 Å². The summed E-state index contributed by atoms with van der Waals surface area (Å²) in [5, 5.41) is 0. The topological polar surface area (TPSA) is 63.6 Å². The Morgan fingerprint density at radius 3 is 1.66 bits per heavy atom. The summed E-state index contributed by atoms with van der Waals surface area (Å²) in [5.41, 5.74) is 0. The Kier molecular flexibility index (Phi) is 20.6. The van der Waals surface area contributed by atoms with E-state index in [9.17, 15) is 8.42 Å². The van der Waals surface area contributed by atoms with Crippen LogP contribution in [0.2, 0.25) is 0 Å². The number of unbranched alkanes of at least 4 members (excludes halogenated alkanes) is 15. The molecule has 1 N–H and O–H groups in total. The van der Waals surface area contributed by atoms with Crippen molar-refractivity contribution in [3.63, 3.8) is 0 Å². The van der Waals surface area contributed by atoms with E-state index in [2.05, 4.69) is 30.2 Å². The molecule has 0 aromatic rings. The van der Waals surface area contributed by atoms with E-state index in [-0.39, 0.29) is 12.5 Å². The minimum Gasteiger partial charge on any atom is -0.264 e. The second kappa shape index (κ2) is 20.9. The Hall–Kier alpha value is -0.390. The molecule has 0 aliphatic rings. The summed E-state index contributed by atoms with van der Waals surface area (Å²) in [6, 6.07) is 0. The van der Waals surface area contributed by atoms with Gasteiger partial charge in [0.15, 0.2) is 0 Å². The second-order valence-corrected chi connectivity index (χ2v) is 9.52. The number of allylic oxidation sites excluding steroid dienone is 1. The molecule has 5 heteroatoms. The Labute approximate surface area is 181 Å². The van der Waals surface area contributed by atoms with Crippen LogP contribution in [0.15, 0.2) is 12.2 Å². The highest BCUT2D eigenvalue weighted by Crippen LogP contribution is 2.17. The molecule has 0 heterocycles. The van der Waals surface area contributed by atoms with E-state index in [0.29, 0.717) is 0 Å². The molecular formula is C24H48O4S. The first kappa shape index (κ1) is 28.6. The molecule has 0 saturated heterocycles. The Balaban J connectivity index is 3.92. The number of hydrogen-bond donors (Lipinski definition) is 1. The summed E-state index contributed by atoms with van der Waals surface area (Å²) < 4.78 is 35.3. The number of hydrogen-bond acceptors (Lipinski definition) is 3. The maximum Gasteiger partial charge on any atom is 0.397 e. The number of rotatable bonds is 22. The van der Waals surface area contributed by atoms with Gasteiger partial charge in [0.25, 0.3) is 0 Å². The summed E-state index contributed by atoms with van der Waals surface area (Å²) in [7, 11) is -4.35. The van der Waals surface area contributed by atoms with Crippen LogP contribution in [-0.4, -0.2) is 19.6 Å². The molecule has 0 rings (SSSR count). The van der Waals surface area contributed by atoms with Gasteiger partial charge in [0.2, 0.25) is 0 Å². The SMILES string of the molecule is CCCCCCCC/C=C/C(CCCCCCCCCCCC)COS(=O)(=O)O. The van der Waals surface area contributed by atoms with E-state index in [4.69, 9.17) is 4.55 Å². The zero-order valence-corrected chi connectivity index (χ0v) is 20.1. The standard InChI is InChI=1S/C24H48O4S/c1-3-5-7-9-11-13-14-16-18-20-22-24(23-28-29(25,26)27)21-19-17-15-12-10-8-6-4-2/h19,21,24H,3-18,20,22-23H2,1-2H3,(H,25,26,27)/b21-19+. The molecule has 0 amide bonds. The van der Waals surface area contributed by atoms with Crippen molar-refractivity contribution in [1.82, 2.24) is 0 Å². The Bertz CT molecular complexity index is 460. The zero-order valence-electron chi connectivity index (χ0n) is 19.2. The largest absolute Gasteiger partial charge is 0.397 e. The Morgan fingerprint density at radius 1 is 0.724 bits per heavy atom. The van der Waals surface area contributed by atoms with E-state index in [1.165, 1.54) is 96.3 Å². The molecule has 0 fully saturated rings. The van der Waals surface area contributed by atoms with Gasteiger partial charge in [0.05, 0.1) is 6.61 Å². The lowest BCUT2D eigenvalue weighted by molar-refractivity contribution is 0.234. The molecule has 29 heavy (non-hydrogen) atoms. The third kappa shape index (κ3) is 23.8. The van der Waals surface area contributed by atoms with Crippen molar-refractivity contribution in [1.29, 1.82) is 0 Å². The maximum absolute atomic E-state index is 10.9. The van der Waals surface area contributed by atoms with Crippen LogP contribution in [-0.2, 0) is 14.6 Å². The molecular weight excluding hydrogens is 384 g/mol. The van der Waals surface area contributed by atoms with Gasteiger partial charge in [-0.2, -0.15) is 8.42 Å². The van der Waals surface area contributed by atoms with E-state index in [1.54, 1.807) is 0 Å². The minimum atomic E-state index is -4.35. The summed E-state index contributed by atoms with van der Waals surface area (Å²) in [6.07, 6.45) is 26.8. The van der Waals surface area contributed by atoms with E-state index >= 15 is 0 Å². The van der Waals surface area contributed by atoms with Crippen molar-refractivity contribution in [3.05, 3.63) is 12.2 Å². The van der Waals surface area contributed by atoms with Crippen molar-refractivity contribution >= 4 is 10.4 Å². The van der Waals surface area contributed by atoms with Crippen LogP contribution < -0.4 is 0 Å². The molecule has 0 aromatic carbocycles. The average Bonchev–Trinajstić information content (AvgIpc) is 2.68. The second-order valence-electron chi connectivity index (χ2n) is 8.43. The zero-order chi connectivity index (χ0) is 21.6. The van der Waals surface area contributed by atoms with Crippen LogP contribution in [0.1, 0.15) is 129 Å². The molecule has 0 bridgehead atoms. The van der Waals surface area contributed by atoms with Crippen LogP contribution in [0.5, 0.6) is 0 Å². The minimum absolute atomic E-state index is 0.0449. The van der Waals surface area contributed by atoms with Crippen molar-refractivity contribution < 1.29 is 17.2 Å². The van der Waals surface area contributed by atoms with E-state index < -0.39 is 10.4 Å². The van der Waals surface area contributed by atoms with Gasteiger partial charge in [0, 0.05) is 5.92 Å². The van der Waals surface area contributed by atoms with E-state index in [1.807, 2.05) is 0 Å². The van der Waals surface area contributed by atoms with Crippen LogP contribution in [0, 0.1) is 5.92 Å². The average molecular weight is 433 g/mol. The summed E-state index contributed by atoms with van der Waals surface area (Å²) in [5.74, 6) is 0.0612. The molecule has 174 valence electrons. The van der Waals surface area contributed by atoms with Crippen molar-refractivity contribution in [3.8, 4) is 0 Å². The summed E-state index contributed by atoms with van der Waals surface area (Å²) >= 11 is 0. The quantitative estimate of drug-likeness (QED) is 0.107. The predicted molar refractivity (Wildman–Crippen MR) is 125 cm³/mol. The lowest BCUT2D eigenvalue weighted by Gasteiger charge is -2.12. The molecule has 1 unspecified atom stereocenters. The molecule has 0 spiro atoms. The summed E-state index contributed by atoms with van der Waals surface area (Å²) in [6.45, 7) is 4.52. The molecule has 4 nitrogen and oxygen atoms in total. The lowest BCUT2D eigenvalue weighted by Crippen LogP contribution is -2.12. The fourth-order valence-electron chi connectivity index (χ4n) is 3.63. The fraction of sp³-hybridized carbons (Fsp3) is 0.917. The van der Waals surface area contributed by atoms with Crippen LogP contribution >= 0.6 is 0 Å².